The van der Waals surface area contributed by atoms with Gasteiger partial charge in [0.15, 0.2) is 0 Å². The maximum Gasteiger partial charge on any atom is 0.278 e. The lowest BCUT2D eigenvalue weighted by molar-refractivity contribution is -0.138. The van der Waals surface area contributed by atoms with E-state index in [1.165, 1.54) is 0 Å². The summed E-state index contributed by atoms with van der Waals surface area (Å²) in [7, 11) is 0. The second-order valence-corrected chi connectivity index (χ2v) is 8.50. The van der Waals surface area contributed by atoms with Crippen molar-refractivity contribution < 1.29 is 14.4 Å². The molecule has 3 aromatic rings. The Hall–Kier alpha value is -3.90. The van der Waals surface area contributed by atoms with Crippen LogP contribution in [0.25, 0.3) is 0 Å². The minimum Gasteiger partial charge on any atom is -0.375 e. The molecule has 1 heterocycles. The first-order valence-electron chi connectivity index (χ1n) is 10.9. The van der Waals surface area contributed by atoms with Gasteiger partial charge in [-0.15, -0.1) is 0 Å². The summed E-state index contributed by atoms with van der Waals surface area (Å²) in [6.45, 7) is 4.40. The fourth-order valence-electron chi connectivity index (χ4n) is 3.65. The van der Waals surface area contributed by atoms with E-state index in [4.69, 9.17) is 11.6 Å². The number of aryl methyl sites for hydroxylation is 1. The zero-order chi connectivity index (χ0) is 24.2. The van der Waals surface area contributed by atoms with Crippen LogP contribution in [-0.4, -0.2) is 22.6 Å². The molecule has 2 N–H and O–H groups in total. The van der Waals surface area contributed by atoms with E-state index in [1.54, 1.807) is 24.3 Å². The van der Waals surface area contributed by atoms with E-state index >= 15 is 0 Å². The molecule has 0 atom stereocenters. The molecule has 0 saturated carbocycles. The Morgan fingerprint density at radius 2 is 1.56 bits per heavy atom. The number of hydrogen-bond acceptors (Lipinski definition) is 4. The highest BCUT2D eigenvalue weighted by atomic mass is 35.5. The molecular formula is C27H24ClN3O3. The highest BCUT2D eigenvalue weighted by molar-refractivity contribution is 6.47. The first kappa shape index (κ1) is 23.3. The quantitative estimate of drug-likeness (QED) is 0.489. The van der Waals surface area contributed by atoms with Crippen LogP contribution in [0.2, 0.25) is 0 Å². The zero-order valence-electron chi connectivity index (χ0n) is 18.9. The number of anilines is 1. The number of benzene rings is 3. The molecule has 0 aliphatic carbocycles. The predicted molar refractivity (Wildman–Crippen MR) is 132 cm³/mol. The minimum absolute atomic E-state index is 0.0827. The zero-order valence-corrected chi connectivity index (χ0v) is 19.6. The molecule has 0 spiro atoms. The summed E-state index contributed by atoms with van der Waals surface area (Å²) in [5.74, 6) is -1.17. The molecule has 1 aliphatic rings. The molecular weight excluding hydrogens is 450 g/mol. The average Bonchev–Trinajstić information content (AvgIpc) is 3.04. The largest absolute Gasteiger partial charge is 0.375 e. The van der Waals surface area contributed by atoms with Crippen molar-refractivity contribution in [2.24, 2.45) is 0 Å². The van der Waals surface area contributed by atoms with Gasteiger partial charge in [0.05, 0.1) is 6.54 Å². The van der Waals surface area contributed by atoms with Gasteiger partial charge in [0.1, 0.15) is 10.7 Å². The van der Waals surface area contributed by atoms with Gasteiger partial charge >= 0.3 is 0 Å². The first-order valence-corrected chi connectivity index (χ1v) is 11.2. The van der Waals surface area contributed by atoms with Gasteiger partial charge in [0.25, 0.3) is 17.7 Å². The van der Waals surface area contributed by atoms with Crippen molar-refractivity contribution in [1.82, 2.24) is 10.2 Å². The van der Waals surface area contributed by atoms with E-state index < -0.39 is 11.8 Å². The van der Waals surface area contributed by atoms with E-state index in [2.05, 4.69) is 10.6 Å². The predicted octanol–water partition coefficient (Wildman–Crippen LogP) is 4.66. The van der Waals surface area contributed by atoms with Crippen LogP contribution in [0, 0.1) is 13.8 Å². The second-order valence-electron chi connectivity index (χ2n) is 8.12. The van der Waals surface area contributed by atoms with E-state index in [0.717, 1.165) is 32.8 Å². The van der Waals surface area contributed by atoms with Crippen LogP contribution in [-0.2, 0) is 22.7 Å². The van der Waals surface area contributed by atoms with E-state index in [-0.39, 0.29) is 29.7 Å². The maximum absolute atomic E-state index is 12.8. The molecule has 3 aromatic carbocycles. The minimum atomic E-state index is -0.517. The van der Waals surface area contributed by atoms with E-state index in [0.29, 0.717) is 5.56 Å². The average molecular weight is 474 g/mol. The van der Waals surface area contributed by atoms with Crippen LogP contribution in [0.1, 0.15) is 32.6 Å². The molecule has 0 fully saturated rings. The number of rotatable bonds is 7. The van der Waals surface area contributed by atoms with Crippen LogP contribution >= 0.6 is 11.6 Å². The van der Waals surface area contributed by atoms with Gasteiger partial charge in [-0.3, -0.25) is 19.3 Å². The Bertz CT molecular complexity index is 1280. The third-order valence-corrected chi connectivity index (χ3v) is 6.18. The fourth-order valence-corrected chi connectivity index (χ4v) is 3.90. The number of nitrogens with zero attached hydrogens (tertiary/aromatic N) is 1. The number of hydrogen-bond donors (Lipinski definition) is 2. The van der Waals surface area contributed by atoms with Gasteiger partial charge in [0, 0.05) is 17.8 Å². The van der Waals surface area contributed by atoms with Crippen LogP contribution in [0.15, 0.2) is 83.5 Å². The monoisotopic (exact) mass is 473 g/mol. The molecule has 6 nitrogen and oxygen atoms in total. The molecule has 7 heteroatoms. The summed E-state index contributed by atoms with van der Waals surface area (Å²) in [4.78, 5) is 39.0. The van der Waals surface area contributed by atoms with Crippen molar-refractivity contribution in [1.29, 1.82) is 0 Å². The topological polar surface area (TPSA) is 78.5 Å². The van der Waals surface area contributed by atoms with Crippen LogP contribution in [0.5, 0.6) is 0 Å². The van der Waals surface area contributed by atoms with Crippen molar-refractivity contribution in [3.8, 4) is 0 Å². The van der Waals surface area contributed by atoms with Gasteiger partial charge in [0.2, 0.25) is 0 Å². The lowest BCUT2D eigenvalue weighted by Gasteiger charge is -2.15. The maximum atomic E-state index is 12.8. The van der Waals surface area contributed by atoms with Gasteiger partial charge in [-0.05, 0) is 54.3 Å². The third kappa shape index (κ3) is 4.87. The first-order chi connectivity index (χ1) is 16.3. The highest BCUT2D eigenvalue weighted by Gasteiger charge is 2.37. The Labute approximate surface area is 203 Å². The number of carbonyl (C=O) groups excluding carboxylic acids is 3. The van der Waals surface area contributed by atoms with Crippen molar-refractivity contribution in [3.63, 3.8) is 0 Å². The Balaban J connectivity index is 1.38. The van der Waals surface area contributed by atoms with Gasteiger partial charge < -0.3 is 10.6 Å². The molecule has 0 radical (unpaired) electrons. The van der Waals surface area contributed by atoms with Gasteiger partial charge in [-0.25, -0.2) is 0 Å². The Morgan fingerprint density at radius 3 is 2.26 bits per heavy atom. The van der Waals surface area contributed by atoms with E-state index in [9.17, 15) is 14.4 Å². The highest BCUT2D eigenvalue weighted by Crippen LogP contribution is 2.24. The number of imide groups is 1. The number of halogens is 1. The number of amides is 3. The van der Waals surface area contributed by atoms with Crippen LogP contribution in [0.4, 0.5) is 5.69 Å². The summed E-state index contributed by atoms with van der Waals surface area (Å²) >= 11 is 6.17. The molecule has 3 amide bonds. The normalized spacial score (nSPS) is 13.4. The molecule has 0 aromatic heterocycles. The van der Waals surface area contributed by atoms with Crippen LogP contribution < -0.4 is 10.6 Å². The van der Waals surface area contributed by atoms with Crippen molar-refractivity contribution in [3.05, 3.63) is 111 Å². The molecule has 1 aliphatic heterocycles. The Morgan fingerprint density at radius 1 is 0.853 bits per heavy atom. The molecule has 172 valence electrons. The third-order valence-electron chi connectivity index (χ3n) is 5.83. The standard InChI is InChI=1S/C27H24ClN3O3/c1-17-7-6-10-22(18(17)2)30-25(32)21-13-11-19(12-14-21)15-29-24-23(28)26(33)31(27(24)34)16-20-8-4-3-5-9-20/h3-14,29H,15-16H2,1-2H3,(H,30,32). The second kappa shape index (κ2) is 9.93. The fraction of sp³-hybridized carbons (Fsp3) is 0.148. The van der Waals surface area contributed by atoms with Crippen molar-refractivity contribution in [2.45, 2.75) is 26.9 Å². The number of carbonyl (C=O) groups is 3. The van der Waals surface area contributed by atoms with Gasteiger partial charge in [-0.2, -0.15) is 0 Å². The summed E-state index contributed by atoms with van der Waals surface area (Å²) in [6.07, 6.45) is 0. The lowest BCUT2D eigenvalue weighted by Crippen LogP contribution is -2.33. The molecule has 0 bridgehead atoms. The molecule has 4 rings (SSSR count). The van der Waals surface area contributed by atoms with E-state index in [1.807, 2.05) is 62.4 Å². The molecule has 0 saturated heterocycles. The summed E-state index contributed by atoms with van der Waals surface area (Å²) in [6, 6.07) is 22.1. The SMILES string of the molecule is Cc1cccc(NC(=O)c2ccc(CNC3=C(Cl)C(=O)N(Cc4ccccc4)C3=O)cc2)c1C. The van der Waals surface area contributed by atoms with Crippen LogP contribution in [0.3, 0.4) is 0 Å². The summed E-state index contributed by atoms with van der Waals surface area (Å²) < 4.78 is 0. The Kier molecular flexibility index (Phi) is 6.80. The molecule has 0 unspecified atom stereocenters. The van der Waals surface area contributed by atoms with Gasteiger partial charge in [-0.1, -0.05) is 66.2 Å². The number of nitrogens with one attached hydrogen (secondary N) is 2. The van der Waals surface area contributed by atoms with Crippen molar-refractivity contribution >= 4 is 35.0 Å². The molecule has 34 heavy (non-hydrogen) atoms. The van der Waals surface area contributed by atoms with Crippen molar-refractivity contribution in [2.75, 3.05) is 5.32 Å². The lowest BCUT2D eigenvalue weighted by atomic mass is 10.1. The summed E-state index contributed by atoms with van der Waals surface area (Å²) in [5, 5.41) is 5.80. The summed E-state index contributed by atoms with van der Waals surface area (Å²) in [5.41, 5.74) is 5.18. The smallest absolute Gasteiger partial charge is 0.278 e.